The second kappa shape index (κ2) is 9.19. The Balaban J connectivity index is 1.53. The van der Waals surface area contributed by atoms with E-state index in [1.54, 1.807) is 6.07 Å². The van der Waals surface area contributed by atoms with Crippen molar-refractivity contribution >= 4 is 39.7 Å². The van der Waals surface area contributed by atoms with Gasteiger partial charge in [-0.2, -0.15) is 0 Å². The number of fused-ring (bicyclic) bond motifs is 1. The maximum atomic E-state index is 12.2. The van der Waals surface area contributed by atoms with Gasteiger partial charge in [0.05, 0.1) is 5.56 Å². The molecule has 1 aliphatic carbocycles. The van der Waals surface area contributed by atoms with Crippen LogP contribution >= 0.6 is 11.3 Å². The Morgan fingerprint density at radius 3 is 2.62 bits per heavy atom. The summed E-state index contributed by atoms with van der Waals surface area (Å²) in [4.78, 5) is 37.2. The number of primary amides is 1. The Labute approximate surface area is 173 Å². The Kier molecular flexibility index (Phi) is 6.66. The van der Waals surface area contributed by atoms with E-state index in [1.165, 1.54) is 11.3 Å². The zero-order chi connectivity index (χ0) is 21.0. The molecule has 0 saturated carbocycles. The zero-order valence-electron chi connectivity index (χ0n) is 16.5. The summed E-state index contributed by atoms with van der Waals surface area (Å²) >= 11 is 1.40. The van der Waals surface area contributed by atoms with E-state index in [9.17, 15) is 14.4 Å². The third kappa shape index (κ3) is 5.42. The lowest BCUT2D eigenvalue weighted by molar-refractivity contribution is -0.125. The molecule has 3 rings (SSSR count). The van der Waals surface area contributed by atoms with E-state index < -0.39 is 11.8 Å². The van der Waals surface area contributed by atoms with Crippen LogP contribution in [-0.2, 0) is 27.2 Å². The first kappa shape index (κ1) is 21.0. The molecule has 1 aromatic carbocycles. The fourth-order valence-corrected chi connectivity index (χ4v) is 4.85. The summed E-state index contributed by atoms with van der Waals surface area (Å²) in [6, 6.07) is 7.40. The summed E-state index contributed by atoms with van der Waals surface area (Å²) in [6.45, 7) is 3.56. The molecular formula is C21H25N3O4S. The number of amides is 3. The van der Waals surface area contributed by atoms with Crippen LogP contribution in [0.5, 0.6) is 0 Å². The number of ether oxygens (including phenoxy) is 1. The van der Waals surface area contributed by atoms with Crippen molar-refractivity contribution in [3.8, 4) is 0 Å². The van der Waals surface area contributed by atoms with Crippen LogP contribution in [0.25, 0.3) is 0 Å². The SMILES string of the molecule is Cc1cccc(NC(=O)COCC(=O)Nc2sc3c(c2C(N)=O)CCC(C)C3)c1. The highest BCUT2D eigenvalue weighted by atomic mass is 32.1. The van der Waals surface area contributed by atoms with Gasteiger partial charge in [-0.15, -0.1) is 11.3 Å². The average Bonchev–Trinajstić information content (AvgIpc) is 2.98. The summed E-state index contributed by atoms with van der Waals surface area (Å²) in [5.74, 6) is -0.768. The van der Waals surface area contributed by atoms with E-state index >= 15 is 0 Å². The number of thiophene rings is 1. The zero-order valence-corrected chi connectivity index (χ0v) is 17.4. The number of hydrogen-bond acceptors (Lipinski definition) is 5. The van der Waals surface area contributed by atoms with E-state index in [0.29, 0.717) is 22.2 Å². The summed E-state index contributed by atoms with van der Waals surface area (Å²) < 4.78 is 5.22. The molecule has 1 aliphatic rings. The van der Waals surface area contributed by atoms with Gasteiger partial charge in [0.25, 0.3) is 11.8 Å². The molecule has 1 atom stereocenters. The Bertz CT molecular complexity index is 938. The molecule has 3 amide bonds. The van der Waals surface area contributed by atoms with E-state index in [2.05, 4.69) is 17.6 Å². The van der Waals surface area contributed by atoms with Gasteiger partial charge in [0.2, 0.25) is 5.91 Å². The fraction of sp³-hybridized carbons (Fsp3) is 0.381. The number of rotatable bonds is 7. The molecule has 1 aromatic heterocycles. The van der Waals surface area contributed by atoms with Crippen molar-refractivity contribution in [2.75, 3.05) is 23.8 Å². The number of nitrogens with one attached hydrogen (secondary N) is 2. The van der Waals surface area contributed by atoms with E-state index in [4.69, 9.17) is 10.5 Å². The third-order valence-corrected chi connectivity index (χ3v) is 5.95. The molecule has 0 saturated heterocycles. The maximum Gasteiger partial charge on any atom is 0.251 e. The van der Waals surface area contributed by atoms with Gasteiger partial charge < -0.3 is 21.1 Å². The number of benzene rings is 1. The predicted molar refractivity (Wildman–Crippen MR) is 113 cm³/mol. The first-order valence-corrected chi connectivity index (χ1v) is 10.3. The maximum absolute atomic E-state index is 12.2. The molecule has 7 nitrogen and oxygen atoms in total. The normalized spacial score (nSPS) is 15.4. The first-order valence-electron chi connectivity index (χ1n) is 9.52. The van der Waals surface area contributed by atoms with E-state index in [1.807, 2.05) is 25.1 Å². The molecular weight excluding hydrogens is 390 g/mol. The van der Waals surface area contributed by atoms with E-state index in [0.717, 1.165) is 35.3 Å². The van der Waals surface area contributed by atoms with Crippen molar-refractivity contribution in [3.05, 3.63) is 45.8 Å². The van der Waals surface area contributed by atoms with Crippen LogP contribution in [0.15, 0.2) is 24.3 Å². The van der Waals surface area contributed by atoms with Crippen LogP contribution in [-0.4, -0.2) is 30.9 Å². The van der Waals surface area contributed by atoms with Gasteiger partial charge >= 0.3 is 0 Å². The van der Waals surface area contributed by atoms with Gasteiger partial charge in [0.1, 0.15) is 18.2 Å². The highest BCUT2D eigenvalue weighted by molar-refractivity contribution is 7.17. The highest BCUT2D eigenvalue weighted by Crippen LogP contribution is 2.39. The number of nitrogens with two attached hydrogens (primary N) is 1. The molecule has 1 unspecified atom stereocenters. The van der Waals surface area contributed by atoms with Gasteiger partial charge in [-0.05, 0) is 55.4 Å². The van der Waals surface area contributed by atoms with Crippen molar-refractivity contribution in [3.63, 3.8) is 0 Å². The summed E-state index contributed by atoms with van der Waals surface area (Å²) in [6.07, 6.45) is 2.67. The second-order valence-electron chi connectivity index (χ2n) is 7.38. The summed E-state index contributed by atoms with van der Waals surface area (Å²) in [7, 11) is 0. The molecule has 0 spiro atoms. The number of aryl methyl sites for hydroxylation is 1. The lowest BCUT2D eigenvalue weighted by Crippen LogP contribution is -2.25. The molecule has 0 radical (unpaired) electrons. The van der Waals surface area contributed by atoms with Crippen molar-refractivity contribution in [2.24, 2.45) is 11.7 Å². The van der Waals surface area contributed by atoms with Crippen molar-refractivity contribution in [1.29, 1.82) is 0 Å². The minimum Gasteiger partial charge on any atom is -0.365 e. The predicted octanol–water partition coefficient (Wildman–Crippen LogP) is 2.87. The smallest absolute Gasteiger partial charge is 0.251 e. The van der Waals surface area contributed by atoms with Crippen LogP contribution in [0.1, 0.15) is 39.7 Å². The molecule has 0 bridgehead atoms. The lowest BCUT2D eigenvalue weighted by atomic mass is 9.88. The Morgan fingerprint density at radius 2 is 1.93 bits per heavy atom. The highest BCUT2D eigenvalue weighted by Gasteiger charge is 2.27. The van der Waals surface area contributed by atoms with Gasteiger partial charge in [0, 0.05) is 10.6 Å². The van der Waals surface area contributed by atoms with Gasteiger partial charge in [0.15, 0.2) is 0 Å². The van der Waals surface area contributed by atoms with Crippen LogP contribution in [0, 0.1) is 12.8 Å². The number of hydrogen-bond donors (Lipinski definition) is 3. The fourth-order valence-electron chi connectivity index (χ4n) is 3.42. The number of anilines is 2. The monoisotopic (exact) mass is 415 g/mol. The molecule has 8 heteroatoms. The quantitative estimate of drug-likeness (QED) is 0.646. The van der Waals surface area contributed by atoms with Crippen LogP contribution in [0.4, 0.5) is 10.7 Å². The molecule has 0 fully saturated rings. The molecule has 4 N–H and O–H groups in total. The molecule has 1 heterocycles. The first-order chi connectivity index (χ1) is 13.8. The standard InChI is InChI=1S/C21H25N3O4S/c1-12-4-3-5-14(8-12)23-17(25)10-28-11-18(26)24-21-19(20(22)27)15-7-6-13(2)9-16(15)29-21/h3-5,8,13H,6-7,9-11H2,1-2H3,(H2,22,27)(H,23,25)(H,24,26). The van der Waals surface area contributed by atoms with Crippen LogP contribution in [0.2, 0.25) is 0 Å². The summed E-state index contributed by atoms with van der Waals surface area (Å²) in [5.41, 5.74) is 8.61. The number of carbonyl (C=O) groups excluding carboxylic acids is 3. The molecule has 2 aromatic rings. The minimum atomic E-state index is -0.536. The largest absolute Gasteiger partial charge is 0.365 e. The average molecular weight is 416 g/mol. The third-order valence-electron chi connectivity index (χ3n) is 4.78. The van der Waals surface area contributed by atoms with Gasteiger partial charge in [-0.3, -0.25) is 14.4 Å². The molecule has 0 aliphatic heterocycles. The van der Waals surface area contributed by atoms with Crippen LogP contribution < -0.4 is 16.4 Å². The van der Waals surface area contributed by atoms with E-state index in [-0.39, 0.29) is 19.1 Å². The van der Waals surface area contributed by atoms with Gasteiger partial charge in [-0.1, -0.05) is 19.1 Å². The molecule has 29 heavy (non-hydrogen) atoms. The van der Waals surface area contributed by atoms with Crippen molar-refractivity contribution < 1.29 is 19.1 Å². The lowest BCUT2D eigenvalue weighted by Gasteiger charge is -2.18. The number of carbonyl (C=O) groups is 3. The Hall–Kier alpha value is -2.71. The van der Waals surface area contributed by atoms with Gasteiger partial charge in [-0.25, -0.2) is 0 Å². The summed E-state index contributed by atoms with van der Waals surface area (Å²) in [5, 5.41) is 5.90. The minimum absolute atomic E-state index is 0.248. The second-order valence-corrected chi connectivity index (χ2v) is 8.48. The van der Waals surface area contributed by atoms with Crippen molar-refractivity contribution in [2.45, 2.75) is 33.1 Å². The molecule has 154 valence electrons. The van der Waals surface area contributed by atoms with Crippen LogP contribution in [0.3, 0.4) is 0 Å². The van der Waals surface area contributed by atoms with Crippen molar-refractivity contribution in [1.82, 2.24) is 0 Å². The topological polar surface area (TPSA) is 111 Å². The Morgan fingerprint density at radius 1 is 1.21 bits per heavy atom.